The van der Waals surface area contributed by atoms with Crippen LogP contribution in [0.4, 0.5) is 0 Å². The third kappa shape index (κ3) is 4.94. The Balaban J connectivity index is 1.80. The summed E-state index contributed by atoms with van der Waals surface area (Å²) in [5.41, 5.74) is 0.209. The second-order valence-electron chi connectivity index (χ2n) is 7.94. The van der Waals surface area contributed by atoms with Crippen LogP contribution in [0.3, 0.4) is 0 Å². The first-order valence-corrected chi connectivity index (χ1v) is 9.86. The fourth-order valence-corrected chi connectivity index (χ4v) is 5.57. The summed E-state index contributed by atoms with van der Waals surface area (Å²) in [4.78, 5) is 0. The molecular weight excluding hydrogens is 264 g/mol. The number of hydrogen-bond acceptors (Lipinski definition) is 2. The predicted molar refractivity (Wildman–Crippen MR) is 90.5 cm³/mol. The van der Waals surface area contributed by atoms with Crippen molar-refractivity contribution in [3.63, 3.8) is 0 Å². The highest BCUT2D eigenvalue weighted by Crippen LogP contribution is 2.42. The molecule has 2 atom stereocenters. The van der Waals surface area contributed by atoms with E-state index in [9.17, 15) is 0 Å². The van der Waals surface area contributed by atoms with Crippen LogP contribution in [0.5, 0.6) is 0 Å². The Labute approximate surface area is 130 Å². The molecule has 0 aromatic rings. The van der Waals surface area contributed by atoms with E-state index in [0.29, 0.717) is 0 Å². The van der Waals surface area contributed by atoms with Gasteiger partial charge in [0.1, 0.15) is 0 Å². The SMILES string of the molecule is CCC1CC(C)(C)OC(C)(CCCC2CCSCC2)C1. The number of ether oxygens (including phenoxy) is 1. The maximum Gasteiger partial charge on any atom is 0.0664 e. The molecule has 2 heteroatoms. The third-order valence-electron chi connectivity index (χ3n) is 5.26. The molecule has 2 aliphatic rings. The van der Waals surface area contributed by atoms with Gasteiger partial charge < -0.3 is 4.74 Å². The van der Waals surface area contributed by atoms with Gasteiger partial charge in [0, 0.05) is 0 Å². The summed E-state index contributed by atoms with van der Waals surface area (Å²) < 4.78 is 6.48. The van der Waals surface area contributed by atoms with E-state index in [4.69, 9.17) is 4.74 Å². The highest BCUT2D eigenvalue weighted by Gasteiger charge is 2.40. The van der Waals surface area contributed by atoms with Crippen molar-refractivity contribution in [2.75, 3.05) is 11.5 Å². The molecule has 20 heavy (non-hydrogen) atoms. The van der Waals surface area contributed by atoms with Gasteiger partial charge in [0.15, 0.2) is 0 Å². The Bertz CT molecular complexity index is 296. The van der Waals surface area contributed by atoms with Crippen LogP contribution in [-0.4, -0.2) is 22.7 Å². The first-order chi connectivity index (χ1) is 9.42. The molecule has 2 unspecified atom stereocenters. The van der Waals surface area contributed by atoms with Gasteiger partial charge in [-0.1, -0.05) is 26.2 Å². The van der Waals surface area contributed by atoms with E-state index in [0.717, 1.165) is 11.8 Å². The lowest BCUT2D eigenvalue weighted by atomic mass is 9.76. The standard InChI is InChI=1S/C18H34OS/c1-5-15-13-17(2,3)19-18(4,14-15)10-6-7-16-8-11-20-12-9-16/h15-16H,5-14H2,1-4H3. The summed E-state index contributed by atoms with van der Waals surface area (Å²) in [5.74, 6) is 4.64. The second-order valence-corrected chi connectivity index (χ2v) is 9.17. The highest BCUT2D eigenvalue weighted by atomic mass is 32.2. The summed E-state index contributed by atoms with van der Waals surface area (Å²) in [6.07, 6.45) is 10.8. The molecule has 1 nitrogen and oxygen atoms in total. The number of rotatable bonds is 5. The molecule has 0 spiro atoms. The lowest BCUT2D eigenvalue weighted by Gasteiger charge is -2.47. The fraction of sp³-hybridized carbons (Fsp3) is 1.00. The molecule has 2 aliphatic heterocycles. The van der Waals surface area contributed by atoms with E-state index in [2.05, 4.69) is 39.5 Å². The van der Waals surface area contributed by atoms with E-state index >= 15 is 0 Å². The van der Waals surface area contributed by atoms with Crippen LogP contribution >= 0.6 is 11.8 Å². The van der Waals surface area contributed by atoms with Gasteiger partial charge in [-0.25, -0.2) is 0 Å². The van der Waals surface area contributed by atoms with Gasteiger partial charge in [0.2, 0.25) is 0 Å². The Hall–Kier alpha value is 0.310. The maximum atomic E-state index is 6.48. The van der Waals surface area contributed by atoms with Crippen molar-refractivity contribution < 1.29 is 4.74 Å². The lowest BCUT2D eigenvalue weighted by molar-refractivity contribution is -0.185. The van der Waals surface area contributed by atoms with Crippen LogP contribution in [0, 0.1) is 11.8 Å². The van der Waals surface area contributed by atoms with Crippen molar-refractivity contribution >= 4 is 11.8 Å². The van der Waals surface area contributed by atoms with Crippen molar-refractivity contribution in [2.24, 2.45) is 11.8 Å². The quantitative estimate of drug-likeness (QED) is 0.646. The monoisotopic (exact) mass is 298 g/mol. The van der Waals surface area contributed by atoms with Crippen molar-refractivity contribution in [2.45, 2.75) is 90.3 Å². The van der Waals surface area contributed by atoms with E-state index in [1.807, 2.05) is 0 Å². The molecule has 2 rings (SSSR count). The zero-order valence-corrected chi connectivity index (χ0v) is 14.9. The second kappa shape index (κ2) is 7.05. The predicted octanol–water partition coefficient (Wildman–Crippen LogP) is 5.67. The van der Waals surface area contributed by atoms with Crippen LogP contribution in [0.25, 0.3) is 0 Å². The minimum Gasteiger partial charge on any atom is -0.369 e. The highest BCUT2D eigenvalue weighted by molar-refractivity contribution is 7.99. The summed E-state index contributed by atoms with van der Waals surface area (Å²) >= 11 is 2.14. The van der Waals surface area contributed by atoms with E-state index in [1.165, 1.54) is 62.9 Å². The lowest BCUT2D eigenvalue weighted by Crippen LogP contribution is -2.47. The Morgan fingerprint density at radius 3 is 2.40 bits per heavy atom. The first-order valence-electron chi connectivity index (χ1n) is 8.70. The van der Waals surface area contributed by atoms with Gasteiger partial charge in [0.25, 0.3) is 0 Å². The average molecular weight is 299 g/mol. The minimum atomic E-state index is 0.0785. The third-order valence-corrected chi connectivity index (χ3v) is 6.31. The van der Waals surface area contributed by atoms with Gasteiger partial charge in [-0.05, 0) is 76.2 Å². The fourth-order valence-electron chi connectivity index (χ4n) is 4.37. The molecule has 0 saturated carbocycles. The summed E-state index contributed by atoms with van der Waals surface area (Å²) in [6, 6.07) is 0. The molecule has 0 bridgehead atoms. The zero-order valence-electron chi connectivity index (χ0n) is 14.0. The zero-order chi connectivity index (χ0) is 14.6. The largest absolute Gasteiger partial charge is 0.369 e. The van der Waals surface area contributed by atoms with E-state index in [1.54, 1.807) is 0 Å². The molecule has 118 valence electrons. The van der Waals surface area contributed by atoms with Crippen LogP contribution in [0.1, 0.15) is 79.1 Å². The molecule has 2 saturated heterocycles. The molecule has 0 aliphatic carbocycles. The first kappa shape index (κ1) is 16.7. The van der Waals surface area contributed by atoms with Gasteiger partial charge in [0.05, 0.1) is 11.2 Å². The van der Waals surface area contributed by atoms with Gasteiger partial charge in [-0.2, -0.15) is 11.8 Å². The van der Waals surface area contributed by atoms with Gasteiger partial charge in [-0.15, -0.1) is 0 Å². The summed E-state index contributed by atoms with van der Waals surface area (Å²) in [6.45, 7) is 9.27. The number of hydrogen-bond donors (Lipinski definition) is 0. The summed E-state index contributed by atoms with van der Waals surface area (Å²) in [7, 11) is 0. The molecule has 2 heterocycles. The van der Waals surface area contributed by atoms with Gasteiger partial charge >= 0.3 is 0 Å². The molecule has 0 N–H and O–H groups in total. The van der Waals surface area contributed by atoms with Crippen LogP contribution in [-0.2, 0) is 4.74 Å². The van der Waals surface area contributed by atoms with E-state index in [-0.39, 0.29) is 11.2 Å². The van der Waals surface area contributed by atoms with Crippen LogP contribution in [0.15, 0.2) is 0 Å². The van der Waals surface area contributed by atoms with Crippen molar-refractivity contribution in [1.29, 1.82) is 0 Å². The smallest absolute Gasteiger partial charge is 0.0664 e. The van der Waals surface area contributed by atoms with Crippen LogP contribution in [0.2, 0.25) is 0 Å². The van der Waals surface area contributed by atoms with Gasteiger partial charge in [-0.3, -0.25) is 0 Å². The molecule has 2 fully saturated rings. The molecule has 0 aromatic carbocycles. The average Bonchev–Trinajstić information content (AvgIpc) is 2.37. The van der Waals surface area contributed by atoms with Crippen molar-refractivity contribution in [3.05, 3.63) is 0 Å². The molecule has 0 amide bonds. The van der Waals surface area contributed by atoms with Crippen LogP contribution < -0.4 is 0 Å². The normalized spacial score (nSPS) is 35.1. The van der Waals surface area contributed by atoms with E-state index < -0.39 is 0 Å². The Morgan fingerprint density at radius 1 is 1.05 bits per heavy atom. The Kier molecular flexibility index (Phi) is 5.88. The Morgan fingerprint density at radius 2 is 1.75 bits per heavy atom. The minimum absolute atomic E-state index is 0.0785. The maximum absolute atomic E-state index is 6.48. The summed E-state index contributed by atoms with van der Waals surface area (Å²) in [5, 5.41) is 0. The molecule has 0 aromatic heterocycles. The molecular formula is C18H34OS. The molecule has 0 radical (unpaired) electrons. The van der Waals surface area contributed by atoms with Crippen molar-refractivity contribution in [3.8, 4) is 0 Å². The van der Waals surface area contributed by atoms with Crippen molar-refractivity contribution in [1.82, 2.24) is 0 Å². The number of thioether (sulfide) groups is 1. The topological polar surface area (TPSA) is 9.23 Å².